The van der Waals surface area contributed by atoms with E-state index >= 15 is 0 Å². The number of rotatable bonds is 6. The molecule has 1 aromatic carbocycles. The number of amides is 2. The zero-order chi connectivity index (χ0) is 18.6. The van der Waals surface area contributed by atoms with Crippen LogP contribution in [0.15, 0.2) is 30.6 Å². The van der Waals surface area contributed by atoms with Crippen LogP contribution in [0.2, 0.25) is 10.0 Å². The lowest BCUT2D eigenvalue weighted by Gasteiger charge is -2.22. The van der Waals surface area contributed by atoms with E-state index in [1.165, 1.54) is 4.90 Å². The standard InChI is InChI=1S/C16H19Cl2N5O2.ClH/c1-19-14(10-7-20-23(3)8-10)16(25)22(2)9-13(24)21-15-11(17)5-4-6-12(15)18;/h4-8,14,19H,9H2,1-3H3,(H,21,24);1H. The summed E-state index contributed by atoms with van der Waals surface area (Å²) in [6, 6.07) is 4.34. The molecule has 1 atom stereocenters. The van der Waals surface area contributed by atoms with Gasteiger partial charge in [-0.05, 0) is 19.2 Å². The van der Waals surface area contributed by atoms with Gasteiger partial charge in [0.2, 0.25) is 11.8 Å². The molecule has 2 rings (SSSR count). The van der Waals surface area contributed by atoms with E-state index in [-0.39, 0.29) is 24.9 Å². The third kappa shape index (κ3) is 5.35. The van der Waals surface area contributed by atoms with Crippen molar-refractivity contribution >= 4 is 53.1 Å². The minimum Gasteiger partial charge on any atom is -0.335 e. The molecule has 2 amide bonds. The van der Waals surface area contributed by atoms with Gasteiger partial charge in [-0.25, -0.2) is 0 Å². The molecule has 7 nitrogen and oxygen atoms in total. The van der Waals surface area contributed by atoms with Crippen molar-refractivity contribution in [3.05, 3.63) is 46.2 Å². The Morgan fingerprint density at radius 2 is 1.92 bits per heavy atom. The van der Waals surface area contributed by atoms with Gasteiger partial charge in [0.15, 0.2) is 0 Å². The summed E-state index contributed by atoms with van der Waals surface area (Å²) in [6.45, 7) is -0.140. The summed E-state index contributed by atoms with van der Waals surface area (Å²) in [6.07, 6.45) is 3.35. The average molecular weight is 421 g/mol. The van der Waals surface area contributed by atoms with Crippen molar-refractivity contribution in [3.63, 3.8) is 0 Å². The van der Waals surface area contributed by atoms with Gasteiger partial charge in [0, 0.05) is 25.9 Å². The van der Waals surface area contributed by atoms with E-state index in [1.807, 2.05) is 0 Å². The zero-order valence-electron chi connectivity index (χ0n) is 14.5. The number of hydrogen-bond donors (Lipinski definition) is 2. The zero-order valence-corrected chi connectivity index (χ0v) is 16.8. The summed E-state index contributed by atoms with van der Waals surface area (Å²) in [7, 11) is 5.00. The summed E-state index contributed by atoms with van der Waals surface area (Å²) in [5.41, 5.74) is 1.05. The van der Waals surface area contributed by atoms with Crippen LogP contribution in [0.5, 0.6) is 0 Å². The number of hydrogen-bond acceptors (Lipinski definition) is 4. The molecular weight excluding hydrogens is 401 g/mol. The molecule has 1 unspecified atom stereocenters. The number of para-hydroxylation sites is 1. The topological polar surface area (TPSA) is 79.3 Å². The fourth-order valence-corrected chi connectivity index (χ4v) is 2.82. The summed E-state index contributed by atoms with van der Waals surface area (Å²) in [4.78, 5) is 26.2. The number of carbonyl (C=O) groups is 2. The highest BCUT2D eigenvalue weighted by atomic mass is 35.5. The Labute approximate surface area is 168 Å². The molecule has 2 N–H and O–H groups in total. The number of halogens is 3. The number of anilines is 1. The molecule has 0 bridgehead atoms. The molecule has 142 valence electrons. The largest absolute Gasteiger partial charge is 0.335 e. The van der Waals surface area contributed by atoms with Crippen LogP contribution in [-0.4, -0.2) is 47.1 Å². The van der Waals surface area contributed by atoms with E-state index in [2.05, 4.69) is 15.7 Å². The Kier molecular flexibility index (Phi) is 8.36. The normalized spacial score (nSPS) is 11.4. The van der Waals surface area contributed by atoms with Crippen molar-refractivity contribution in [1.82, 2.24) is 20.0 Å². The number of aryl methyl sites for hydroxylation is 1. The number of benzene rings is 1. The minimum atomic E-state index is -0.588. The maximum atomic E-state index is 12.6. The van der Waals surface area contributed by atoms with Gasteiger partial charge >= 0.3 is 0 Å². The first-order chi connectivity index (χ1) is 11.8. The first-order valence-corrected chi connectivity index (χ1v) is 8.23. The molecule has 0 aliphatic heterocycles. The van der Waals surface area contributed by atoms with Crippen molar-refractivity contribution in [3.8, 4) is 0 Å². The van der Waals surface area contributed by atoms with Gasteiger partial charge in [-0.15, -0.1) is 12.4 Å². The molecule has 0 radical (unpaired) electrons. The monoisotopic (exact) mass is 419 g/mol. The Bertz CT molecular complexity index is 761. The van der Waals surface area contributed by atoms with Crippen LogP contribution in [0.4, 0.5) is 5.69 Å². The SMILES string of the molecule is CNC(C(=O)N(C)CC(=O)Nc1c(Cl)cccc1Cl)c1cnn(C)c1.Cl. The van der Waals surface area contributed by atoms with E-state index in [1.54, 1.807) is 56.4 Å². The summed E-state index contributed by atoms with van der Waals surface area (Å²) in [5, 5.41) is 10.3. The van der Waals surface area contributed by atoms with Crippen molar-refractivity contribution in [2.24, 2.45) is 7.05 Å². The molecule has 1 heterocycles. The van der Waals surface area contributed by atoms with Gasteiger partial charge in [0.05, 0.1) is 28.5 Å². The molecule has 2 aromatic rings. The molecule has 0 fully saturated rings. The molecular formula is C16H20Cl3N5O2. The van der Waals surface area contributed by atoms with Crippen molar-refractivity contribution in [2.75, 3.05) is 26.0 Å². The van der Waals surface area contributed by atoms with E-state index in [9.17, 15) is 9.59 Å². The summed E-state index contributed by atoms with van der Waals surface area (Å²) in [5.74, 6) is -0.650. The number of nitrogens with zero attached hydrogens (tertiary/aromatic N) is 3. The van der Waals surface area contributed by atoms with E-state index < -0.39 is 11.9 Å². The summed E-state index contributed by atoms with van der Waals surface area (Å²) < 4.78 is 1.61. The smallest absolute Gasteiger partial charge is 0.244 e. The molecule has 0 saturated carbocycles. The van der Waals surface area contributed by atoms with Crippen LogP contribution in [0.1, 0.15) is 11.6 Å². The van der Waals surface area contributed by atoms with E-state index in [0.29, 0.717) is 15.7 Å². The van der Waals surface area contributed by atoms with Gasteiger partial charge in [-0.2, -0.15) is 5.10 Å². The van der Waals surface area contributed by atoms with Crippen LogP contribution in [-0.2, 0) is 16.6 Å². The molecule has 0 saturated heterocycles. The first kappa shape index (κ1) is 22.2. The van der Waals surface area contributed by atoms with Crippen molar-refractivity contribution in [1.29, 1.82) is 0 Å². The number of carbonyl (C=O) groups excluding carboxylic acids is 2. The van der Waals surface area contributed by atoms with Crippen LogP contribution in [0, 0.1) is 0 Å². The van der Waals surface area contributed by atoms with E-state index in [0.717, 1.165) is 5.56 Å². The first-order valence-electron chi connectivity index (χ1n) is 7.48. The lowest BCUT2D eigenvalue weighted by molar-refractivity contribution is -0.135. The third-order valence-electron chi connectivity index (χ3n) is 3.58. The quantitative estimate of drug-likeness (QED) is 0.752. The fourth-order valence-electron chi connectivity index (χ4n) is 2.33. The second-order valence-electron chi connectivity index (χ2n) is 5.51. The van der Waals surface area contributed by atoms with Crippen LogP contribution in [0.25, 0.3) is 0 Å². The summed E-state index contributed by atoms with van der Waals surface area (Å²) >= 11 is 12.1. The molecule has 1 aromatic heterocycles. The highest BCUT2D eigenvalue weighted by Gasteiger charge is 2.25. The lowest BCUT2D eigenvalue weighted by Crippen LogP contribution is -2.41. The van der Waals surface area contributed by atoms with E-state index in [4.69, 9.17) is 23.2 Å². The molecule has 0 aliphatic carbocycles. The molecule has 0 aliphatic rings. The minimum absolute atomic E-state index is 0. The van der Waals surface area contributed by atoms with Crippen molar-refractivity contribution < 1.29 is 9.59 Å². The highest BCUT2D eigenvalue weighted by Crippen LogP contribution is 2.29. The molecule has 0 spiro atoms. The molecule has 26 heavy (non-hydrogen) atoms. The van der Waals surface area contributed by atoms with Gasteiger partial charge in [0.25, 0.3) is 0 Å². The lowest BCUT2D eigenvalue weighted by atomic mass is 10.1. The van der Waals surface area contributed by atoms with Gasteiger partial charge in [0.1, 0.15) is 6.04 Å². The van der Waals surface area contributed by atoms with Crippen molar-refractivity contribution in [2.45, 2.75) is 6.04 Å². The number of aromatic nitrogens is 2. The second-order valence-corrected chi connectivity index (χ2v) is 6.32. The van der Waals surface area contributed by atoms with Gasteiger partial charge in [-0.3, -0.25) is 14.3 Å². The van der Waals surface area contributed by atoms with Crippen LogP contribution < -0.4 is 10.6 Å². The van der Waals surface area contributed by atoms with Crippen LogP contribution in [0.3, 0.4) is 0 Å². The average Bonchev–Trinajstić information content (AvgIpc) is 2.98. The predicted molar refractivity (Wildman–Crippen MR) is 105 cm³/mol. The Morgan fingerprint density at radius 3 is 2.42 bits per heavy atom. The molecule has 10 heteroatoms. The number of nitrogens with one attached hydrogen (secondary N) is 2. The maximum Gasteiger partial charge on any atom is 0.244 e. The fraction of sp³-hybridized carbons (Fsp3) is 0.312. The van der Waals surface area contributed by atoms with Gasteiger partial charge in [-0.1, -0.05) is 29.3 Å². The highest BCUT2D eigenvalue weighted by molar-refractivity contribution is 6.39. The van der Waals surface area contributed by atoms with Crippen LogP contribution >= 0.6 is 35.6 Å². The van der Waals surface area contributed by atoms with Gasteiger partial charge < -0.3 is 15.5 Å². The second kappa shape index (κ2) is 9.78. The Balaban J connectivity index is 0.00000338. The maximum absolute atomic E-state index is 12.6. The Hall–Kier alpha value is -1.80. The number of likely N-dealkylation sites (N-methyl/N-ethyl adjacent to an activating group) is 2. The predicted octanol–water partition coefficient (Wildman–Crippen LogP) is 2.51. The Morgan fingerprint density at radius 1 is 1.31 bits per heavy atom. The third-order valence-corrected chi connectivity index (χ3v) is 4.21.